The number of fused-ring (bicyclic) bond motifs is 1. The zero-order chi connectivity index (χ0) is 13.9. The van der Waals surface area contributed by atoms with Gasteiger partial charge in [-0.3, -0.25) is 4.74 Å². The van der Waals surface area contributed by atoms with E-state index < -0.39 is 13.0 Å². The Morgan fingerprint density at radius 3 is 2.47 bits per heavy atom. The van der Waals surface area contributed by atoms with E-state index in [9.17, 15) is 13.2 Å². The molecule has 0 atom stereocenters. The van der Waals surface area contributed by atoms with Crippen LogP contribution in [0.15, 0.2) is 12.1 Å². The van der Waals surface area contributed by atoms with Gasteiger partial charge in [-0.15, -0.1) is 13.2 Å². The lowest BCUT2D eigenvalue weighted by atomic mass is 10.2. The minimum atomic E-state index is -4.68. The Morgan fingerprint density at radius 2 is 1.84 bits per heavy atom. The van der Waals surface area contributed by atoms with Gasteiger partial charge in [0.15, 0.2) is 11.5 Å². The maximum Gasteiger partial charge on any atom is 0.522 e. The summed E-state index contributed by atoms with van der Waals surface area (Å²) in [6.45, 7) is -1.21. The third-order valence-electron chi connectivity index (χ3n) is 2.33. The molecule has 1 N–H and O–H groups in total. The molecule has 0 unspecified atom stereocenters. The average molecular weight is 280 g/mol. The molecule has 0 fully saturated rings. The summed E-state index contributed by atoms with van der Waals surface area (Å²) in [6, 6.07) is 2.98. The van der Waals surface area contributed by atoms with Crippen LogP contribution in [0.1, 0.15) is 5.56 Å². The van der Waals surface area contributed by atoms with E-state index in [-0.39, 0.29) is 25.8 Å². The normalized spacial score (nSPS) is 13.7. The van der Waals surface area contributed by atoms with E-state index in [4.69, 9.17) is 19.3 Å². The Labute approximate surface area is 106 Å². The van der Waals surface area contributed by atoms with Crippen LogP contribution in [0.25, 0.3) is 0 Å². The van der Waals surface area contributed by atoms with Gasteiger partial charge in [-0.2, -0.15) is 0 Å². The number of aliphatic hydroxyl groups excluding tert-OH is 1. The van der Waals surface area contributed by atoms with Crippen molar-refractivity contribution < 1.29 is 37.2 Å². The van der Waals surface area contributed by atoms with E-state index in [1.54, 1.807) is 0 Å². The van der Waals surface area contributed by atoms with Crippen LogP contribution in [0.5, 0.6) is 17.2 Å². The van der Waals surface area contributed by atoms with Crippen LogP contribution in [-0.2, 0) is 11.3 Å². The first-order valence-corrected chi connectivity index (χ1v) is 5.36. The summed E-state index contributed by atoms with van der Waals surface area (Å²) in [6.07, 6.45) is -4.68. The summed E-state index contributed by atoms with van der Waals surface area (Å²) in [5, 5.41) is 9.15. The fraction of sp³-hybridized carbons (Fsp3) is 0.455. The van der Waals surface area contributed by atoms with Gasteiger partial charge in [0.05, 0.1) is 13.2 Å². The summed E-state index contributed by atoms with van der Waals surface area (Å²) < 4.78 is 54.2. The molecule has 0 saturated heterocycles. The second kappa shape index (κ2) is 5.54. The van der Waals surface area contributed by atoms with Crippen molar-refractivity contribution in [3.05, 3.63) is 17.7 Å². The monoisotopic (exact) mass is 280 g/mol. The first kappa shape index (κ1) is 13.8. The summed E-state index contributed by atoms with van der Waals surface area (Å²) in [7, 11) is 0. The van der Waals surface area contributed by atoms with Gasteiger partial charge in [0, 0.05) is 11.6 Å². The van der Waals surface area contributed by atoms with E-state index in [1.165, 1.54) is 12.1 Å². The molecule has 1 aromatic carbocycles. The molecular weight excluding hydrogens is 269 g/mol. The van der Waals surface area contributed by atoms with Crippen molar-refractivity contribution in [2.24, 2.45) is 0 Å². The minimum Gasteiger partial charge on any atom is -0.491 e. The summed E-state index contributed by atoms with van der Waals surface area (Å²) in [5.74, 6) is 1.12. The number of aliphatic hydroxyl groups is 1. The zero-order valence-corrected chi connectivity index (χ0v) is 9.70. The van der Waals surface area contributed by atoms with Crippen LogP contribution in [0.2, 0.25) is 0 Å². The Bertz CT molecular complexity index is 447. The van der Waals surface area contributed by atoms with Crippen LogP contribution in [0.4, 0.5) is 13.2 Å². The molecule has 1 heterocycles. The van der Waals surface area contributed by atoms with Crippen LogP contribution in [0.3, 0.4) is 0 Å². The molecule has 106 valence electrons. The molecule has 1 aliphatic heterocycles. The van der Waals surface area contributed by atoms with Crippen molar-refractivity contribution in [1.29, 1.82) is 0 Å². The first-order valence-electron chi connectivity index (χ1n) is 5.36. The van der Waals surface area contributed by atoms with E-state index in [0.717, 1.165) is 0 Å². The van der Waals surface area contributed by atoms with Crippen molar-refractivity contribution in [1.82, 2.24) is 0 Å². The number of alkyl halides is 3. The number of ether oxygens (including phenoxy) is 4. The van der Waals surface area contributed by atoms with Crippen molar-refractivity contribution in [2.45, 2.75) is 13.0 Å². The predicted molar refractivity (Wildman–Crippen MR) is 56.0 cm³/mol. The molecule has 0 aliphatic carbocycles. The molecular formula is C11H11F3O5. The number of hydrogen-bond donors (Lipinski definition) is 1. The fourth-order valence-corrected chi connectivity index (χ4v) is 1.53. The molecule has 0 saturated carbocycles. The van der Waals surface area contributed by atoms with Crippen LogP contribution in [-0.4, -0.2) is 31.5 Å². The quantitative estimate of drug-likeness (QED) is 0.834. The van der Waals surface area contributed by atoms with Crippen molar-refractivity contribution in [3.63, 3.8) is 0 Å². The number of hydrogen-bond acceptors (Lipinski definition) is 5. The van der Waals surface area contributed by atoms with Gasteiger partial charge in [0.2, 0.25) is 6.79 Å². The maximum absolute atomic E-state index is 11.8. The third kappa shape index (κ3) is 3.65. The number of halogens is 3. The first-order chi connectivity index (χ1) is 8.99. The smallest absolute Gasteiger partial charge is 0.491 e. The van der Waals surface area contributed by atoms with E-state index in [0.29, 0.717) is 17.1 Å². The highest BCUT2D eigenvalue weighted by Crippen LogP contribution is 2.38. The van der Waals surface area contributed by atoms with Crippen molar-refractivity contribution in [2.75, 3.05) is 20.0 Å². The lowest BCUT2D eigenvalue weighted by molar-refractivity contribution is -0.325. The molecule has 0 radical (unpaired) electrons. The molecule has 1 aliphatic rings. The van der Waals surface area contributed by atoms with Gasteiger partial charge >= 0.3 is 6.36 Å². The minimum absolute atomic E-state index is 0.0564. The molecule has 2 rings (SSSR count). The van der Waals surface area contributed by atoms with Gasteiger partial charge in [-0.25, -0.2) is 0 Å². The molecule has 0 aromatic heterocycles. The van der Waals surface area contributed by atoms with Crippen molar-refractivity contribution in [3.8, 4) is 17.2 Å². The molecule has 0 bridgehead atoms. The van der Waals surface area contributed by atoms with E-state index in [1.807, 2.05) is 0 Å². The average Bonchev–Trinajstić information content (AvgIpc) is 2.79. The predicted octanol–water partition coefficient (Wildman–Crippen LogP) is 1.82. The third-order valence-corrected chi connectivity index (χ3v) is 2.33. The number of rotatable bonds is 5. The topological polar surface area (TPSA) is 57.2 Å². The fourth-order valence-electron chi connectivity index (χ4n) is 1.53. The van der Waals surface area contributed by atoms with Gasteiger partial charge in [0.25, 0.3) is 0 Å². The maximum atomic E-state index is 11.8. The molecule has 8 heteroatoms. The van der Waals surface area contributed by atoms with Crippen LogP contribution >= 0.6 is 0 Å². The molecule has 19 heavy (non-hydrogen) atoms. The highest BCUT2D eigenvalue weighted by molar-refractivity contribution is 5.51. The van der Waals surface area contributed by atoms with Gasteiger partial charge in [-0.05, 0) is 6.07 Å². The molecule has 0 amide bonds. The zero-order valence-electron chi connectivity index (χ0n) is 9.70. The number of benzene rings is 1. The van der Waals surface area contributed by atoms with Crippen LogP contribution < -0.4 is 14.2 Å². The van der Waals surface area contributed by atoms with E-state index in [2.05, 4.69) is 4.74 Å². The highest BCUT2D eigenvalue weighted by atomic mass is 19.4. The summed E-state index contributed by atoms with van der Waals surface area (Å²) >= 11 is 0. The highest BCUT2D eigenvalue weighted by Gasteiger charge is 2.28. The molecule has 1 aromatic rings. The summed E-state index contributed by atoms with van der Waals surface area (Å²) in [5.41, 5.74) is 0.399. The van der Waals surface area contributed by atoms with Gasteiger partial charge in [0.1, 0.15) is 12.4 Å². The van der Waals surface area contributed by atoms with Gasteiger partial charge in [-0.1, -0.05) is 0 Å². The summed E-state index contributed by atoms with van der Waals surface area (Å²) in [4.78, 5) is 0. The lowest BCUT2D eigenvalue weighted by Gasteiger charge is -2.12. The Kier molecular flexibility index (Phi) is 4.01. The lowest BCUT2D eigenvalue weighted by Crippen LogP contribution is -2.18. The van der Waals surface area contributed by atoms with Gasteiger partial charge < -0.3 is 19.3 Å². The van der Waals surface area contributed by atoms with E-state index >= 15 is 0 Å². The van der Waals surface area contributed by atoms with Crippen molar-refractivity contribution >= 4 is 0 Å². The largest absolute Gasteiger partial charge is 0.522 e. The Hall–Kier alpha value is -1.67. The second-order valence-corrected chi connectivity index (χ2v) is 3.61. The van der Waals surface area contributed by atoms with Crippen LogP contribution in [0, 0.1) is 0 Å². The Morgan fingerprint density at radius 1 is 1.16 bits per heavy atom. The standard InChI is InChI=1S/C11H11F3O5/c12-11(13,14)19-2-1-16-8-4-10-9(17-6-18-10)3-7(8)5-15/h3-4,15H,1-2,5-6H2. The molecule has 5 nitrogen and oxygen atoms in total. The second-order valence-electron chi connectivity index (χ2n) is 3.61. The molecule has 0 spiro atoms. The SMILES string of the molecule is OCc1cc2c(cc1OCCOC(F)(F)F)OCO2. The Balaban J connectivity index is 1.96.